The van der Waals surface area contributed by atoms with E-state index < -0.39 is 0 Å². The molecular weight excluding hydrogens is 356 g/mol. The summed E-state index contributed by atoms with van der Waals surface area (Å²) in [5.41, 5.74) is 1.82. The molecule has 4 rings (SSSR count). The van der Waals surface area contributed by atoms with Crippen molar-refractivity contribution in [2.24, 2.45) is 0 Å². The fourth-order valence-corrected chi connectivity index (χ4v) is 4.85. The van der Waals surface area contributed by atoms with E-state index in [9.17, 15) is 4.79 Å². The number of hydrogen-bond donors (Lipinski definition) is 1. The van der Waals surface area contributed by atoms with Crippen LogP contribution in [-0.2, 0) is 4.79 Å². The van der Waals surface area contributed by atoms with Crippen LogP contribution < -0.4 is 10.2 Å². The average Bonchev–Trinajstić information content (AvgIpc) is 2.73. The predicted molar refractivity (Wildman–Crippen MR) is 111 cm³/mol. The highest BCUT2D eigenvalue weighted by Crippen LogP contribution is 2.30. The van der Waals surface area contributed by atoms with E-state index in [1.165, 1.54) is 50.3 Å². The SMILES string of the molecule is O=C(CSc1nc2ccccc2nc1N1CCCCC1)NC1CCCCC1. The van der Waals surface area contributed by atoms with E-state index >= 15 is 0 Å². The van der Waals surface area contributed by atoms with E-state index in [2.05, 4.69) is 10.2 Å². The van der Waals surface area contributed by atoms with Gasteiger partial charge in [-0.25, -0.2) is 9.97 Å². The number of carbonyl (C=O) groups is 1. The summed E-state index contributed by atoms with van der Waals surface area (Å²) >= 11 is 1.52. The van der Waals surface area contributed by atoms with Crippen LogP contribution >= 0.6 is 11.8 Å². The largest absolute Gasteiger partial charge is 0.354 e. The van der Waals surface area contributed by atoms with Crippen molar-refractivity contribution in [1.29, 1.82) is 0 Å². The van der Waals surface area contributed by atoms with Gasteiger partial charge in [-0.3, -0.25) is 4.79 Å². The van der Waals surface area contributed by atoms with Crippen LogP contribution in [0.1, 0.15) is 51.4 Å². The Balaban J connectivity index is 1.49. The summed E-state index contributed by atoms with van der Waals surface area (Å²) in [5, 5.41) is 4.09. The molecule has 5 nitrogen and oxygen atoms in total. The zero-order valence-corrected chi connectivity index (χ0v) is 16.6. The van der Waals surface area contributed by atoms with Gasteiger partial charge in [0, 0.05) is 19.1 Å². The number of hydrogen-bond acceptors (Lipinski definition) is 5. The van der Waals surface area contributed by atoms with Crippen molar-refractivity contribution in [2.75, 3.05) is 23.7 Å². The van der Waals surface area contributed by atoms with Crippen molar-refractivity contribution in [3.63, 3.8) is 0 Å². The van der Waals surface area contributed by atoms with Crippen molar-refractivity contribution in [2.45, 2.75) is 62.4 Å². The summed E-state index contributed by atoms with van der Waals surface area (Å²) in [5.74, 6) is 1.47. The van der Waals surface area contributed by atoms with Crippen LogP contribution in [0.3, 0.4) is 0 Å². The Hall–Kier alpha value is -1.82. The van der Waals surface area contributed by atoms with Crippen LogP contribution in [0.4, 0.5) is 5.82 Å². The second-order valence-corrected chi connectivity index (χ2v) is 8.54. The van der Waals surface area contributed by atoms with Gasteiger partial charge in [-0.15, -0.1) is 0 Å². The third-order valence-electron chi connectivity index (χ3n) is 5.49. The lowest BCUT2D eigenvalue weighted by molar-refractivity contribution is -0.119. The highest BCUT2D eigenvalue weighted by molar-refractivity contribution is 8.00. The van der Waals surface area contributed by atoms with Gasteiger partial charge in [0.1, 0.15) is 5.03 Å². The first-order valence-electron chi connectivity index (χ1n) is 10.2. The Labute approximate surface area is 165 Å². The first-order valence-corrected chi connectivity index (χ1v) is 11.2. The molecule has 2 heterocycles. The Kier molecular flexibility index (Phi) is 6.12. The van der Waals surface area contributed by atoms with Gasteiger partial charge in [0.2, 0.25) is 5.91 Å². The minimum absolute atomic E-state index is 0.117. The molecule has 0 spiro atoms. The molecule has 1 aromatic heterocycles. The number of anilines is 1. The monoisotopic (exact) mass is 384 g/mol. The smallest absolute Gasteiger partial charge is 0.230 e. The fourth-order valence-electron chi connectivity index (χ4n) is 4.03. The van der Waals surface area contributed by atoms with Crippen molar-refractivity contribution < 1.29 is 4.79 Å². The van der Waals surface area contributed by atoms with Crippen LogP contribution in [0, 0.1) is 0 Å². The number of piperidine rings is 1. The zero-order valence-electron chi connectivity index (χ0n) is 15.8. The van der Waals surface area contributed by atoms with Crippen LogP contribution in [0.25, 0.3) is 11.0 Å². The molecular formula is C21H28N4OS. The highest BCUT2D eigenvalue weighted by atomic mass is 32.2. The van der Waals surface area contributed by atoms with Crippen molar-refractivity contribution >= 4 is 34.5 Å². The van der Waals surface area contributed by atoms with E-state index in [0.29, 0.717) is 11.8 Å². The van der Waals surface area contributed by atoms with Crippen molar-refractivity contribution in [1.82, 2.24) is 15.3 Å². The Morgan fingerprint density at radius 2 is 1.67 bits per heavy atom. The lowest BCUT2D eigenvalue weighted by atomic mass is 9.95. The van der Waals surface area contributed by atoms with Crippen LogP contribution in [0.15, 0.2) is 29.3 Å². The van der Waals surface area contributed by atoms with Crippen LogP contribution in [0.2, 0.25) is 0 Å². The summed E-state index contributed by atoms with van der Waals surface area (Å²) in [6, 6.07) is 8.36. The Morgan fingerprint density at radius 3 is 2.41 bits per heavy atom. The maximum absolute atomic E-state index is 12.4. The number of nitrogens with zero attached hydrogens (tertiary/aromatic N) is 3. The van der Waals surface area contributed by atoms with E-state index in [-0.39, 0.29) is 5.91 Å². The fraction of sp³-hybridized carbons (Fsp3) is 0.571. The van der Waals surface area contributed by atoms with Crippen molar-refractivity contribution in [3.05, 3.63) is 24.3 Å². The maximum atomic E-state index is 12.4. The normalized spacial score (nSPS) is 18.6. The van der Waals surface area contributed by atoms with Gasteiger partial charge in [-0.1, -0.05) is 43.2 Å². The van der Waals surface area contributed by atoms with Gasteiger partial charge in [0.25, 0.3) is 0 Å². The van der Waals surface area contributed by atoms with E-state index in [4.69, 9.17) is 9.97 Å². The topological polar surface area (TPSA) is 58.1 Å². The number of carbonyl (C=O) groups excluding carboxylic acids is 1. The molecule has 2 fully saturated rings. The predicted octanol–water partition coefficient (Wildman–Crippen LogP) is 4.16. The number of aromatic nitrogens is 2. The number of nitrogens with one attached hydrogen (secondary N) is 1. The van der Waals surface area contributed by atoms with Gasteiger partial charge < -0.3 is 10.2 Å². The first kappa shape index (κ1) is 18.5. The lowest BCUT2D eigenvalue weighted by Gasteiger charge is -2.29. The molecule has 2 aliphatic rings. The molecule has 0 unspecified atom stereocenters. The van der Waals surface area contributed by atoms with Gasteiger partial charge in [-0.05, 0) is 44.2 Å². The van der Waals surface area contributed by atoms with Gasteiger partial charge in [0.15, 0.2) is 5.82 Å². The van der Waals surface area contributed by atoms with E-state index in [1.54, 1.807) is 0 Å². The molecule has 0 bridgehead atoms. The Morgan fingerprint density at radius 1 is 1.00 bits per heavy atom. The number of thioether (sulfide) groups is 1. The molecule has 27 heavy (non-hydrogen) atoms. The first-order chi connectivity index (χ1) is 13.3. The van der Waals surface area contributed by atoms with E-state index in [0.717, 1.165) is 47.8 Å². The molecule has 1 amide bonds. The van der Waals surface area contributed by atoms with Gasteiger partial charge in [-0.2, -0.15) is 0 Å². The molecule has 1 aromatic carbocycles. The molecule has 1 saturated heterocycles. The molecule has 0 atom stereocenters. The number of rotatable bonds is 5. The lowest BCUT2D eigenvalue weighted by Crippen LogP contribution is -2.37. The summed E-state index contributed by atoms with van der Waals surface area (Å²) in [4.78, 5) is 24.5. The molecule has 1 aliphatic heterocycles. The third-order valence-corrected chi connectivity index (χ3v) is 6.44. The molecule has 6 heteroatoms. The van der Waals surface area contributed by atoms with Gasteiger partial charge >= 0.3 is 0 Å². The summed E-state index contributed by atoms with van der Waals surface area (Å²) in [7, 11) is 0. The Bertz CT molecular complexity index is 785. The van der Waals surface area contributed by atoms with Crippen molar-refractivity contribution in [3.8, 4) is 0 Å². The minimum atomic E-state index is 0.117. The molecule has 1 aliphatic carbocycles. The molecule has 144 valence electrons. The molecule has 2 aromatic rings. The molecule has 0 radical (unpaired) electrons. The average molecular weight is 385 g/mol. The number of fused-ring (bicyclic) bond motifs is 1. The van der Waals surface area contributed by atoms with E-state index in [1.807, 2.05) is 24.3 Å². The van der Waals surface area contributed by atoms with Crippen LogP contribution in [-0.4, -0.2) is 40.8 Å². The number of amides is 1. The summed E-state index contributed by atoms with van der Waals surface area (Å²) < 4.78 is 0. The summed E-state index contributed by atoms with van der Waals surface area (Å²) in [6.07, 6.45) is 9.66. The molecule has 1 saturated carbocycles. The molecule has 1 N–H and O–H groups in total. The standard InChI is InChI=1S/C21H28N4OS/c26-19(22-16-9-3-1-4-10-16)15-27-21-20(25-13-7-2-8-14-25)23-17-11-5-6-12-18(17)24-21/h5-6,11-12,16H,1-4,7-10,13-15H2,(H,22,26). The summed E-state index contributed by atoms with van der Waals surface area (Å²) in [6.45, 7) is 2.05. The van der Waals surface area contributed by atoms with Gasteiger partial charge in [0.05, 0.1) is 16.8 Å². The second-order valence-electron chi connectivity index (χ2n) is 7.58. The zero-order chi connectivity index (χ0) is 18.5. The number of benzene rings is 1. The van der Waals surface area contributed by atoms with Crippen LogP contribution in [0.5, 0.6) is 0 Å². The number of para-hydroxylation sites is 2. The quantitative estimate of drug-likeness (QED) is 0.785. The maximum Gasteiger partial charge on any atom is 0.230 e. The minimum Gasteiger partial charge on any atom is -0.354 e. The third kappa shape index (κ3) is 4.72. The second kappa shape index (κ2) is 8.91. The highest BCUT2D eigenvalue weighted by Gasteiger charge is 2.20.